The highest BCUT2D eigenvalue weighted by atomic mass is 15.2. The van der Waals surface area contributed by atoms with Crippen LogP contribution in [0.25, 0.3) is 0 Å². The van der Waals surface area contributed by atoms with Gasteiger partial charge in [0.25, 0.3) is 0 Å². The number of nitrogens with one attached hydrogen (secondary N) is 1. The Kier molecular flexibility index (Phi) is 4.77. The summed E-state index contributed by atoms with van der Waals surface area (Å²) in [6.07, 6.45) is 3.49. The Morgan fingerprint density at radius 3 is 2.50 bits per heavy atom. The Bertz CT molecular complexity index is 880. The van der Waals surface area contributed by atoms with Crippen LogP contribution >= 0.6 is 0 Å². The molecule has 0 radical (unpaired) electrons. The van der Waals surface area contributed by atoms with Crippen molar-refractivity contribution in [3.05, 3.63) is 70.9 Å². The molecule has 1 aliphatic heterocycles. The maximum Gasteiger partial charge on any atom is 0.0548 e. The molecule has 2 bridgehead atoms. The van der Waals surface area contributed by atoms with Crippen LogP contribution in [0.5, 0.6) is 0 Å². The van der Waals surface area contributed by atoms with Crippen LogP contribution in [0.4, 0.5) is 11.4 Å². The third-order valence-electron chi connectivity index (χ3n) is 6.20. The van der Waals surface area contributed by atoms with Crippen LogP contribution < -0.4 is 10.2 Å². The lowest BCUT2D eigenvalue weighted by Gasteiger charge is -2.30. The van der Waals surface area contributed by atoms with Gasteiger partial charge in [0.1, 0.15) is 0 Å². The van der Waals surface area contributed by atoms with Crippen LogP contribution in [0.3, 0.4) is 0 Å². The fourth-order valence-electron chi connectivity index (χ4n) is 5.17. The zero-order valence-electron chi connectivity index (χ0n) is 18.1. The number of allylic oxidation sites excluding steroid dienone is 1. The highest BCUT2D eigenvalue weighted by Crippen LogP contribution is 2.46. The molecule has 2 atom stereocenters. The standard InChI is InChI=1S/C26H34N2/c1-17-11-22(12-18(2)25(17)27-19(3)15-26(4,5)6)28-16-20-13-21-9-7-8-10-23(21)24(28)14-20/h7-12,20,24,27H,3,13-16H2,1-2,4-6H3. The van der Waals surface area contributed by atoms with Gasteiger partial charge in [0.2, 0.25) is 0 Å². The van der Waals surface area contributed by atoms with Crippen LogP contribution in [-0.2, 0) is 6.42 Å². The van der Waals surface area contributed by atoms with Crippen molar-refractivity contribution in [3.63, 3.8) is 0 Å². The van der Waals surface area contributed by atoms with Gasteiger partial charge in [-0.05, 0) is 78.8 Å². The van der Waals surface area contributed by atoms with E-state index in [-0.39, 0.29) is 5.41 Å². The molecule has 2 aromatic carbocycles. The van der Waals surface area contributed by atoms with Gasteiger partial charge < -0.3 is 10.2 Å². The SMILES string of the molecule is C=C(CC(C)(C)C)Nc1c(C)cc(N2CC3Cc4ccccc4C2C3)cc1C. The molecule has 28 heavy (non-hydrogen) atoms. The van der Waals surface area contributed by atoms with E-state index in [0.717, 1.165) is 18.0 Å². The highest BCUT2D eigenvalue weighted by molar-refractivity contribution is 5.68. The van der Waals surface area contributed by atoms with Crippen molar-refractivity contribution in [3.8, 4) is 0 Å². The molecule has 0 amide bonds. The van der Waals surface area contributed by atoms with Crippen LogP contribution in [0.1, 0.15) is 61.9 Å². The third kappa shape index (κ3) is 3.70. The number of anilines is 2. The van der Waals surface area contributed by atoms with Crippen LogP contribution in [0, 0.1) is 25.2 Å². The van der Waals surface area contributed by atoms with Crippen molar-refractivity contribution in [2.24, 2.45) is 11.3 Å². The van der Waals surface area contributed by atoms with E-state index in [1.807, 2.05) is 0 Å². The molecule has 1 aliphatic carbocycles. The second-order valence-corrected chi connectivity index (χ2v) is 10.1. The Morgan fingerprint density at radius 1 is 1.14 bits per heavy atom. The quantitative estimate of drug-likeness (QED) is 0.634. The van der Waals surface area contributed by atoms with E-state index in [2.05, 4.69) is 87.8 Å². The van der Waals surface area contributed by atoms with Crippen molar-refractivity contribution >= 4 is 11.4 Å². The molecule has 2 unspecified atom stereocenters. The van der Waals surface area contributed by atoms with Crippen LogP contribution in [0.15, 0.2) is 48.7 Å². The molecule has 1 N–H and O–H groups in total. The fourth-order valence-corrected chi connectivity index (χ4v) is 5.17. The first-order chi connectivity index (χ1) is 13.2. The maximum atomic E-state index is 4.26. The topological polar surface area (TPSA) is 15.3 Å². The molecule has 1 heterocycles. The minimum absolute atomic E-state index is 0.242. The second kappa shape index (κ2) is 6.99. The fraction of sp³-hybridized carbons (Fsp3) is 0.462. The van der Waals surface area contributed by atoms with Crippen molar-refractivity contribution < 1.29 is 0 Å². The number of rotatable bonds is 4. The summed E-state index contributed by atoms with van der Waals surface area (Å²) in [7, 11) is 0. The highest BCUT2D eigenvalue weighted by Gasteiger charge is 2.38. The number of benzene rings is 2. The van der Waals surface area contributed by atoms with E-state index in [0.29, 0.717) is 6.04 Å². The van der Waals surface area contributed by atoms with E-state index in [4.69, 9.17) is 0 Å². The van der Waals surface area contributed by atoms with Gasteiger partial charge in [0.05, 0.1) is 6.04 Å². The third-order valence-corrected chi connectivity index (χ3v) is 6.20. The summed E-state index contributed by atoms with van der Waals surface area (Å²) in [5.41, 5.74) is 9.62. The van der Waals surface area contributed by atoms with Crippen LogP contribution in [-0.4, -0.2) is 6.54 Å². The van der Waals surface area contributed by atoms with Gasteiger partial charge in [-0.25, -0.2) is 0 Å². The molecule has 1 saturated heterocycles. The Labute approximate surface area is 170 Å². The number of fused-ring (bicyclic) bond motifs is 4. The van der Waals surface area contributed by atoms with E-state index >= 15 is 0 Å². The Morgan fingerprint density at radius 2 is 1.82 bits per heavy atom. The van der Waals surface area contributed by atoms with Crippen molar-refractivity contribution in [1.82, 2.24) is 0 Å². The molecule has 1 fully saturated rings. The van der Waals surface area contributed by atoms with Gasteiger partial charge in [-0.3, -0.25) is 0 Å². The molecule has 0 aromatic heterocycles. The average molecular weight is 375 g/mol. The maximum absolute atomic E-state index is 4.26. The molecule has 0 saturated carbocycles. The van der Waals surface area contributed by atoms with Gasteiger partial charge in [-0.2, -0.15) is 0 Å². The number of nitrogens with zero attached hydrogens (tertiary/aromatic N) is 1. The van der Waals surface area contributed by atoms with Gasteiger partial charge >= 0.3 is 0 Å². The molecule has 4 rings (SSSR count). The van der Waals surface area contributed by atoms with Crippen molar-refractivity contribution in [1.29, 1.82) is 0 Å². The first-order valence-corrected chi connectivity index (χ1v) is 10.6. The molecule has 0 spiro atoms. The largest absolute Gasteiger partial charge is 0.364 e. The van der Waals surface area contributed by atoms with Gasteiger partial charge in [0, 0.05) is 23.6 Å². The van der Waals surface area contributed by atoms with Gasteiger partial charge in [-0.1, -0.05) is 51.6 Å². The van der Waals surface area contributed by atoms with Gasteiger partial charge in [-0.15, -0.1) is 0 Å². The number of aryl methyl sites for hydroxylation is 2. The number of hydrogen-bond acceptors (Lipinski definition) is 2. The summed E-state index contributed by atoms with van der Waals surface area (Å²) in [6, 6.07) is 14.3. The lowest BCUT2D eigenvalue weighted by Crippen LogP contribution is -2.23. The molecule has 2 aromatic rings. The van der Waals surface area contributed by atoms with E-state index in [1.165, 1.54) is 47.5 Å². The molecular weight excluding hydrogens is 340 g/mol. The summed E-state index contributed by atoms with van der Waals surface area (Å²) < 4.78 is 0. The summed E-state index contributed by atoms with van der Waals surface area (Å²) in [6.45, 7) is 16.6. The van der Waals surface area contributed by atoms with E-state index in [9.17, 15) is 0 Å². The smallest absolute Gasteiger partial charge is 0.0548 e. The monoisotopic (exact) mass is 374 g/mol. The number of hydrogen-bond donors (Lipinski definition) is 1. The first-order valence-electron chi connectivity index (χ1n) is 10.6. The summed E-state index contributed by atoms with van der Waals surface area (Å²) >= 11 is 0. The summed E-state index contributed by atoms with van der Waals surface area (Å²) in [5.74, 6) is 0.782. The Balaban J connectivity index is 1.60. The molecule has 2 nitrogen and oxygen atoms in total. The first kappa shape index (κ1) is 19.1. The molecule has 148 valence electrons. The summed E-state index contributed by atoms with van der Waals surface area (Å²) in [4.78, 5) is 2.64. The van der Waals surface area contributed by atoms with Gasteiger partial charge in [0.15, 0.2) is 0 Å². The molecule has 2 heteroatoms. The predicted molar refractivity (Wildman–Crippen MR) is 121 cm³/mol. The Hall–Kier alpha value is -2.22. The minimum atomic E-state index is 0.242. The zero-order valence-corrected chi connectivity index (χ0v) is 18.1. The normalized spacial score (nSPS) is 20.8. The minimum Gasteiger partial charge on any atom is -0.364 e. The average Bonchev–Trinajstić information content (AvgIpc) is 2.94. The molecule has 2 aliphatic rings. The van der Waals surface area contributed by atoms with Crippen molar-refractivity contribution in [2.45, 2.75) is 59.9 Å². The predicted octanol–water partition coefficient (Wildman–Crippen LogP) is 6.79. The van der Waals surface area contributed by atoms with Crippen LogP contribution in [0.2, 0.25) is 0 Å². The lowest BCUT2D eigenvalue weighted by atomic mass is 9.84. The van der Waals surface area contributed by atoms with Crippen molar-refractivity contribution in [2.75, 3.05) is 16.8 Å². The van der Waals surface area contributed by atoms with E-state index in [1.54, 1.807) is 5.56 Å². The zero-order chi connectivity index (χ0) is 20.1. The second-order valence-electron chi connectivity index (χ2n) is 10.1. The summed E-state index contributed by atoms with van der Waals surface area (Å²) in [5, 5.41) is 3.60. The molecular formula is C26H34N2. The van der Waals surface area contributed by atoms with E-state index < -0.39 is 0 Å². The lowest BCUT2D eigenvalue weighted by molar-refractivity contribution is 0.411.